The van der Waals surface area contributed by atoms with Crippen LogP contribution in [-0.2, 0) is 19.3 Å². The highest BCUT2D eigenvalue weighted by atomic mass is 19.4. The first-order chi connectivity index (χ1) is 9.49. The summed E-state index contributed by atoms with van der Waals surface area (Å²) in [4.78, 5) is 0. The van der Waals surface area contributed by atoms with E-state index in [0.29, 0.717) is 12.2 Å². The van der Waals surface area contributed by atoms with Crippen molar-refractivity contribution < 1.29 is 13.2 Å². The van der Waals surface area contributed by atoms with Gasteiger partial charge < -0.3 is 5.32 Å². The molecule has 0 bridgehead atoms. The fourth-order valence-corrected chi connectivity index (χ4v) is 1.82. The molecule has 108 valence electrons. The van der Waals surface area contributed by atoms with Crippen molar-refractivity contribution in [1.29, 1.82) is 0 Å². The summed E-state index contributed by atoms with van der Waals surface area (Å²) in [6.45, 7) is 3.42. The second kappa shape index (κ2) is 5.98. The highest BCUT2D eigenvalue weighted by molar-refractivity contribution is 5.45. The molecule has 2 aromatic rings. The van der Waals surface area contributed by atoms with E-state index in [0.717, 1.165) is 30.8 Å². The maximum Gasteiger partial charge on any atom is 0.416 e. The number of benzene rings is 1. The van der Waals surface area contributed by atoms with Crippen molar-refractivity contribution in [1.82, 2.24) is 9.78 Å². The van der Waals surface area contributed by atoms with Gasteiger partial charge in [-0.05, 0) is 36.8 Å². The monoisotopic (exact) mass is 283 g/mol. The third-order valence-corrected chi connectivity index (χ3v) is 2.83. The van der Waals surface area contributed by atoms with E-state index in [1.54, 1.807) is 0 Å². The van der Waals surface area contributed by atoms with Crippen LogP contribution in [-0.4, -0.2) is 9.78 Å². The second-order valence-corrected chi connectivity index (χ2v) is 4.50. The van der Waals surface area contributed by atoms with Crippen molar-refractivity contribution in [2.45, 2.75) is 32.6 Å². The number of anilines is 1. The number of nitrogens with zero attached hydrogens (tertiary/aromatic N) is 2. The molecular weight excluding hydrogens is 267 g/mol. The van der Waals surface area contributed by atoms with Crippen molar-refractivity contribution in [3.8, 4) is 0 Å². The number of hydrogen-bond acceptors (Lipinski definition) is 2. The fourth-order valence-electron chi connectivity index (χ4n) is 1.82. The summed E-state index contributed by atoms with van der Waals surface area (Å²) >= 11 is 0. The first kappa shape index (κ1) is 14.4. The summed E-state index contributed by atoms with van der Waals surface area (Å²) in [5.74, 6) is 0. The lowest BCUT2D eigenvalue weighted by atomic mass is 10.2. The van der Waals surface area contributed by atoms with Gasteiger partial charge in [0.1, 0.15) is 0 Å². The summed E-state index contributed by atoms with van der Waals surface area (Å²) in [6.07, 6.45) is -1.39. The van der Waals surface area contributed by atoms with E-state index in [9.17, 15) is 13.2 Å². The molecule has 0 fully saturated rings. The van der Waals surface area contributed by atoms with Gasteiger partial charge in [0, 0.05) is 18.4 Å². The molecular formula is C14H16F3N3. The Kier molecular flexibility index (Phi) is 4.32. The van der Waals surface area contributed by atoms with Gasteiger partial charge >= 0.3 is 6.18 Å². The Morgan fingerprint density at radius 3 is 2.45 bits per heavy atom. The average molecular weight is 283 g/mol. The SMILES string of the molecule is CCCn1ccc(CNc2ccc(C(F)(F)F)cc2)n1. The number of hydrogen-bond donors (Lipinski definition) is 1. The summed E-state index contributed by atoms with van der Waals surface area (Å²) in [5, 5.41) is 7.40. The molecule has 0 saturated carbocycles. The van der Waals surface area contributed by atoms with Crippen LogP contribution >= 0.6 is 0 Å². The number of rotatable bonds is 5. The minimum Gasteiger partial charge on any atom is -0.379 e. The van der Waals surface area contributed by atoms with E-state index < -0.39 is 11.7 Å². The minimum absolute atomic E-state index is 0.488. The van der Waals surface area contributed by atoms with Crippen molar-refractivity contribution in [2.24, 2.45) is 0 Å². The Hall–Kier alpha value is -1.98. The standard InChI is InChI=1S/C14H16F3N3/c1-2-8-20-9-7-13(19-20)10-18-12-5-3-11(4-6-12)14(15,16)17/h3-7,9,18H,2,8,10H2,1H3. The van der Waals surface area contributed by atoms with Crippen LogP contribution in [0.2, 0.25) is 0 Å². The van der Waals surface area contributed by atoms with Gasteiger partial charge in [-0.25, -0.2) is 0 Å². The van der Waals surface area contributed by atoms with Gasteiger partial charge in [0.2, 0.25) is 0 Å². The summed E-state index contributed by atoms with van der Waals surface area (Å²) in [7, 11) is 0. The van der Waals surface area contributed by atoms with Gasteiger partial charge in [-0.3, -0.25) is 4.68 Å². The smallest absolute Gasteiger partial charge is 0.379 e. The lowest BCUT2D eigenvalue weighted by Crippen LogP contribution is -2.06. The maximum absolute atomic E-state index is 12.4. The van der Waals surface area contributed by atoms with E-state index >= 15 is 0 Å². The zero-order valence-corrected chi connectivity index (χ0v) is 11.1. The molecule has 0 aliphatic rings. The highest BCUT2D eigenvalue weighted by Crippen LogP contribution is 2.29. The number of nitrogens with one attached hydrogen (secondary N) is 1. The molecule has 0 saturated heterocycles. The topological polar surface area (TPSA) is 29.9 Å². The van der Waals surface area contributed by atoms with Crippen LogP contribution < -0.4 is 5.32 Å². The largest absolute Gasteiger partial charge is 0.416 e. The molecule has 0 amide bonds. The van der Waals surface area contributed by atoms with Gasteiger partial charge in [-0.1, -0.05) is 6.92 Å². The average Bonchev–Trinajstić information content (AvgIpc) is 2.84. The molecule has 0 spiro atoms. The second-order valence-electron chi connectivity index (χ2n) is 4.50. The van der Waals surface area contributed by atoms with Crippen LogP contribution in [0.3, 0.4) is 0 Å². The predicted molar refractivity (Wildman–Crippen MR) is 71.3 cm³/mol. The number of halogens is 3. The van der Waals surface area contributed by atoms with Crippen molar-refractivity contribution in [3.63, 3.8) is 0 Å². The Balaban J connectivity index is 1.93. The van der Waals surface area contributed by atoms with Gasteiger partial charge in [-0.15, -0.1) is 0 Å². The van der Waals surface area contributed by atoms with Crippen LogP contribution in [0.15, 0.2) is 36.5 Å². The molecule has 6 heteroatoms. The number of alkyl halides is 3. The number of aromatic nitrogens is 2. The molecule has 1 aromatic carbocycles. The Morgan fingerprint density at radius 2 is 1.85 bits per heavy atom. The Morgan fingerprint density at radius 1 is 1.15 bits per heavy atom. The molecule has 0 aliphatic heterocycles. The Labute approximate surface area is 115 Å². The molecule has 3 nitrogen and oxygen atoms in total. The van der Waals surface area contributed by atoms with Crippen LogP contribution in [0.1, 0.15) is 24.6 Å². The van der Waals surface area contributed by atoms with E-state index in [2.05, 4.69) is 17.3 Å². The molecule has 0 atom stereocenters. The van der Waals surface area contributed by atoms with Gasteiger partial charge in [0.25, 0.3) is 0 Å². The summed E-state index contributed by atoms with van der Waals surface area (Å²) in [5.41, 5.74) is 0.858. The highest BCUT2D eigenvalue weighted by Gasteiger charge is 2.29. The third kappa shape index (κ3) is 3.76. The molecule has 1 heterocycles. The van der Waals surface area contributed by atoms with Gasteiger partial charge in [0.15, 0.2) is 0 Å². The first-order valence-corrected chi connectivity index (χ1v) is 6.42. The summed E-state index contributed by atoms with van der Waals surface area (Å²) < 4.78 is 39.1. The molecule has 20 heavy (non-hydrogen) atoms. The van der Waals surface area contributed by atoms with Crippen LogP contribution in [0.4, 0.5) is 18.9 Å². The zero-order valence-electron chi connectivity index (χ0n) is 11.1. The molecule has 2 rings (SSSR count). The molecule has 1 aromatic heterocycles. The third-order valence-electron chi connectivity index (χ3n) is 2.83. The fraction of sp³-hybridized carbons (Fsp3) is 0.357. The Bertz CT molecular complexity index is 544. The lowest BCUT2D eigenvalue weighted by molar-refractivity contribution is -0.137. The maximum atomic E-state index is 12.4. The van der Waals surface area contributed by atoms with Crippen molar-refractivity contribution >= 4 is 5.69 Å². The zero-order chi connectivity index (χ0) is 14.6. The normalized spacial score (nSPS) is 11.6. The van der Waals surface area contributed by atoms with Crippen molar-refractivity contribution in [3.05, 3.63) is 47.8 Å². The van der Waals surface area contributed by atoms with Crippen LogP contribution in [0.5, 0.6) is 0 Å². The van der Waals surface area contributed by atoms with E-state index in [-0.39, 0.29) is 0 Å². The molecule has 1 N–H and O–H groups in total. The summed E-state index contributed by atoms with van der Waals surface area (Å²) in [6, 6.07) is 6.88. The molecule has 0 aliphatic carbocycles. The van der Waals surface area contributed by atoms with Crippen LogP contribution in [0, 0.1) is 0 Å². The quantitative estimate of drug-likeness (QED) is 0.901. The van der Waals surface area contributed by atoms with Gasteiger partial charge in [0.05, 0.1) is 17.8 Å². The number of aryl methyl sites for hydroxylation is 1. The lowest BCUT2D eigenvalue weighted by Gasteiger charge is -2.08. The van der Waals surface area contributed by atoms with Crippen LogP contribution in [0.25, 0.3) is 0 Å². The van der Waals surface area contributed by atoms with Gasteiger partial charge in [-0.2, -0.15) is 18.3 Å². The van der Waals surface area contributed by atoms with Crippen molar-refractivity contribution in [2.75, 3.05) is 5.32 Å². The van der Waals surface area contributed by atoms with E-state index in [1.165, 1.54) is 12.1 Å². The van der Waals surface area contributed by atoms with E-state index in [4.69, 9.17) is 0 Å². The molecule has 0 radical (unpaired) electrons. The predicted octanol–water partition coefficient (Wildman–Crippen LogP) is 3.92. The minimum atomic E-state index is -4.29. The first-order valence-electron chi connectivity index (χ1n) is 6.42. The van der Waals surface area contributed by atoms with E-state index in [1.807, 2.05) is 16.9 Å². The molecule has 0 unspecified atom stereocenters.